The van der Waals surface area contributed by atoms with E-state index in [9.17, 15) is 9.59 Å². The van der Waals surface area contributed by atoms with Crippen molar-refractivity contribution in [2.75, 3.05) is 19.6 Å². The van der Waals surface area contributed by atoms with Crippen LogP contribution in [0.4, 0.5) is 0 Å². The number of thiazole rings is 1. The molecule has 26 heavy (non-hydrogen) atoms. The first kappa shape index (κ1) is 16.5. The molecule has 0 unspecified atom stereocenters. The highest BCUT2D eigenvalue weighted by Crippen LogP contribution is 2.34. The van der Waals surface area contributed by atoms with Crippen LogP contribution in [0.2, 0.25) is 0 Å². The normalized spacial score (nSPS) is 14.2. The van der Waals surface area contributed by atoms with E-state index in [-0.39, 0.29) is 18.4 Å². The minimum absolute atomic E-state index is 0.0889. The van der Waals surface area contributed by atoms with Gasteiger partial charge in [0.15, 0.2) is 0 Å². The van der Waals surface area contributed by atoms with Crippen LogP contribution in [0.15, 0.2) is 60.7 Å². The molecule has 1 fully saturated rings. The molecule has 4 rings (SSSR count). The maximum atomic E-state index is 13.1. The predicted molar refractivity (Wildman–Crippen MR) is 102 cm³/mol. The molecule has 0 bridgehead atoms. The topological polar surface area (TPSA) is 62.3 Å². The molecule has 2 amide bonds. The maximum Gasteiger partial charge on any atom is 0.266 e. The lowest BCUT2D eigenvalue weighted by Gasteiger charge is -2.26. The summed E-state index contributed by atoms with van der Waals surface area (Å²) in [5, 5.41) is 3.55. The number of nitrogens with one attached hydrogen (secondary N) is 1. The summed E-state index contributed by atoms with van der Waals surface area (Å²) in [6.45, 7) is 1.08. The van der Waals surface area contributed by atoms with Gasteiger partial charge in [-0.1, -0.05) is 60.7 Å². The molecule has 0 atom stereocenters. The van der Waals surface area contributed by atoms with Crippen molar-refractivity contribution in [1.29, 1.82) is 0 Å². The zero-order valence-corrected chi connectivity index (χ0v) is 14.8. The highest BCUT2D eigenvalue weighted by atomic mass is 32.1. The van der Waals surface area contributed by atoms with Gasteiger partial charge in [0, 0.05) is 24.2 Å². The van der Waals surface area contributed by atoms with E-state index < -0.39 is 0 Å². The second kappa shape index (κ2) is 7.09. The highest BCUT2D eigenvalue weighted by molar-refractivity contribution is 7.17. The van der Waals surface area contributed by atoms with Gasteiger partial charge < -0.3 is 10.2 Å². The summed E-state index contributed by atoms with van der Waals surface area (Å²) in [5.41, 5.74) is 2.55. The molecule has 0 aliphatic carbocycles. The smallest absolute Gasteiger partial charge is 0.266 e. The van der Waals surface area contributed by atoms with E-state index in [1.807, 2.05) is 60.7 Å². The van der Waals surface area contributed by atoms with E-state index in [1.165, 1.54) is 11.3 Å². The Kier molecular flexibility index (Phi) is 4.50. The Bertz CT molecular complexity index is 938. The van der Waals surface area contributed by atoms with E-state index in [0.29, 0.717) is 23.7 Å². The summed E-state index contributed by atoms with van der Waals surface area (Å²) in [5.74, 6) is -0.267. The SMILES string of the molecule is O=C1CN(C(=O)c2sc(-c3ccccc3)nc2-c2ccccc2)CCN1. The molecule has 1 aliphatic heterocycles. The van der Waals surface area contributed by atoms with Crippen LogP contribution in [0.5, 0.6) is 0 Å². The fourth-order valence-corrected chi connectivity index (χ4v) is 3.98. The van der Waals surface area contributed by atoms with Gasteiger partial charge in [-0.3, -0.25) is 9.59 Å². The molecule has 0 saturated carbocycles. The number of hydrogen-bond acceptors (Lipinski definition) is 4. The molecule has 5 nitrogen and oxygen atoms in total. The number of carbonyl (C=O) groups is 2. The van der Waals surface area contributed by atoms with Crippen LogP contribution < -0.4 is 5.32 Å². The molecule has 1 aliphatic rings. The molecular weight excluding hydrogens is 346 g/mol. The van der Waals surface area contributed by atoms with Crippen molar-refractivity contribution in [1.82, 2.24) is 15.2 Å². The second-order valence-corrected chi connectivity index (χ2v) is 7.00. The number of benzene rings is 2. The molecule has 1 saturated heterocycles. The van der Waals surface area contributed by atoms with Crippen molar-refractivity contribution >= 4 is 23.2 Å². The van der Waals surface area contributed by atoms with Crippen LogP contribution in [-0.4, -0.2) is 41.3 Å². The standard InChI is InChI=1S/C20H17N3O2S/c24-16-13-23(12-11-21-16)20(25)18-17(14-7-3-1-4-8-14)22-19(26-18)15-9-5-2-6-10-15/h1-10H,11-13H2,(H,21,24). The zero-order chi connectivity index (χ0) is 17.9. The minimum Gasteiger partial charge on any atom is -0.353 e. The fourth-order valence-electron chi connectivity index (χ4n) is 2.92. The molecule has 6 heteroatoms. The summed E-state index contributed by atoms with van der Waals surface area (Å²) in [4.78, 5) is 31.7. The quantitative estimate of drug-likeness (QED) is 0.778. The maximum absolute atomic E-state index is 13.1. The van der Waals surface area contributed by atoms with Gasteiger partial charge >= 0.3 is 0 Å². The summed E-state index contributed by atoms with van der Waals surface area (Å²) < 4.78 is 0. The van der Waals surface area contributed by atoms with Crippen LogP contribution in [0.3, 0.4) is 0 Å². The summed E-state index contributed by atoms with van der Waals surface area (Å²) in [7, 11) is 0. The molecular formula is C20H17N3O2S. The summed E-state index contributed by atoms with van der Waals surface area (Å²) in [6.07, 6.45) is 0. The fraction of sp³-hybridized carbons (Fsp3) is 0.150. The first-order chi connectivity index (χ1) is 12.7. The monoisotopic (exact) mass is 363 g/mol. The van der Waals surface area contributed by atoms with Gasteiger partial charge in [0.1, 0.15) is 9.88 Å². The first-order valence-corrected chi connectivity index (χ1v) is 9.21. The molecule has 1 aromatic heterocycles. The van der Waals surface area contributed by atoms with Crippen molar-refractivity contribution in [3.8, 4) is 21.8 Å². The first-order valence-electron chi connectivity index (χ1n) is 8.40. The van der Waals surface area contributed by atoms with Gasteiger partial charge in [-0.15, -0.1) is 11.3 Å². The van der Waals surface area contributed by atoms with E-state index in [2.05, 4.69) is 5.32 Å². The van der Waals surface area contributed by atoms with Crippen molar-refractivity contribution in [2.24, 2.45) is 0 Å². The van der Waals surface area contributed by atoms with Crippen LogP contribution in [0.1, 0.15) is 9.67 Å². The van der Waals surface area contributed by atoms with Crippen molar-refractivity contribution in [3.05, 3.63) is 65.5 Å². The average molecular weight is 363 g/mol. The van der Waals surface area contributed by atoms with E-state index >= 15 is 0 Å². The van der Waals surface area contributed by atoms with E-state index in [0.717, 1.165) is 16.1 Å². The summed E-state index contributed by atoms with van der Waals surface area (Å²) in [6, 6.07) is 19.5. The van der Waals surface area contributed by atoms with Crippen molar-refractivity contribution < 1.29 is 9.59 Å². The Morgan fingerprint density at radius 2 is 1.65 bits per heavy atom. The number of rotatable bonds is 3. The third-order valence-electron chi connectivity index (χ3n) is 4.21. The molecule has 2 aromatic carbocycles. The number of hydrogen-bond donors (Lipinski definition) is 1. The van der Waals surface area contributed by atoms with Crippen molar-refractivity contribution in [2.45, 2.75) is 0 Å². The molecule has 130 valence electrons. The molecule has 0 spiro atoms. The number of aromatic nitrogens is 1. The van der Waals surface area contributed by atoms with Gasteiger partial charge in [0.25, 0.3) is 5.91 Å². The predicted octanol–water partition coefficient (Wildman–Crippen LogP) is 3.05. The van der Waals surface area contributed by atoms with Crippen molar-refractivity contribution in [3.63, 3.8) is 0 Å². The van der Waals surface area contributed by atoms with Gasteiger partial charge in [0.05, 0.1) is 12.2 Å². The Labute approximate surface area is 155 Å². The van der Waals surface area contributed by atoms with Gasteiger partial charge in [-0.05, 0) is 0 Å². The van der Waals surface area contributed by atoms with Gasteiger partial charge in [0.2, 0.25) is 5.91 Å². The number of amides is 2. The lowest BCUT2D eigenvalue weighted by Crippen LogP contribution is -2.49. The molecule has 3 aromatic rings. The summed E-state index contributed by atoms with van der Waals surface area (Å²) >= 11 is 1.38. The lowest BCUT2D eigenvalue weighted by atomic mass is 10.1. The molecule has 0 radical (unpaired) electrons. The third-order valence-corrected chi connectivity index (χ3v) is 5.31. The van der Waals surface area contributed by atoms with Crippen LogP contribution in [-0.2, 0) is 4.79 Å². The van der Waals surface area contributed by atoms with E-state index in [4.69, 9.17) is 4.98 Å². The average Bonchev–Trinajstić information content (AvgIpc) is 3.14. The van der Waals surface area contributed by atoms with Crippen LogP contribution >= 0.6 is 11.3 Å². The minimum atomic E-state index is -0.140. The van der Waals surface area contributed by atoms with Crippen LogP contribution in [0.25, 0.3) is 21.8 Å². The Hall–Kier alpha value is -2.99. The highest BCUT2D eigenvalue weighted by Gasteiger charge is 2.27. The van der Waals surface area contributed by atoms with Crippen LogP contribution in [0, 0.1) is 0 Å². The Morgan fingerprint density at radius 3 is 2.31 bits per heavy atom. The number of piperazine rings is 1. The molecule has 1 N–H and O–H groups in total. The van der Waals surface area contributed by atoms with Gasteiger partial charge in [-0.25, -0.2) is 4.98 Å². The van der Waals surface area contributed by atoms with Gasteiger partial charge in [-0.2, -0.15) is 0 Å². The Morgan fingerprint density at radius 1 is 1.00 bits per heavy atom. The third kappa shape index (κ3) is 3.23. The Balaban J connectivity index is 1.78. The lowest BCUT2D eigenvalue weighted by molar-refractivity contribution is -0.123. The molecule has 2 heterocycles. The second-order valence-electron chi connectivity index (χ2n) is 6.01. The number of nitrogens with zero attached hydrogens (tertiary/aromatic N) is 2. The van der Waals surface area contributed by atoms with E-state index in [1.54, 1.807) is 4.90 Å². The number of carbonyl (C=O) groups excluding carboxylic acids is 2. The zero-order valence-electron chi connectivity index (χ0n) is 14.0. The largest absolute Gasteiger partial charge is 0.353 e.